The van der Waals surface area contributed by atoms with Gasteiger partial charge in [0.05, 0.1) is 19.3 Å². The third kappa shape index (κ3) is 18.1. The molecule has 7 amide bonds. The van der Waals surface area contributed by atoms with E-state index in [2.05, 4.69) is 51.8 Å². The van der Waals surface area contributed by atoms with Crippen molar-refractivity contribution in [3.05, 3.63) is 36.4 Å². The molecule has 23 nitrogen and oxygen atoms in total. The van der Waals surface area contributed by atoms with Crippen LogP contribution in [0, 0.1) is 11.8 Å². The number of rotatable bonds is 29. The van der Waals surface area contributed by atoms with Gasteiger partial charge in [0.1, 0.15) is 42.3 Å². The van der Waals surface area contributed by atoms with Crippen LogP contribution in [-0.4, -0.2) is 133 Å². The summed E-state index contributed by atoms with van der Waals surface area (Å²) in [5.74, 6) is -7.62. The number of nitrogens with two attached hydrogens (primary N) is 3. The molecule has 0 aliphatic heterocycles. The number of hydrogen-bond acceptors (Lipinski definition) is 13. The van der Waals surface area contributed by atoms with Crippen molar-refractivity contribution < 1.29 is 48.6 Å². The Morgan fingerprint density at radius 2 is 1.16 bits per heavy atom. The third-order valence-corrected chi connectivity index (χ3v) is 9.76. The van der Waals surface area contributed by atoms with E-state index in [0.717, 1.165) is 0 Å². The van der Waals surface area contributed by atoms with E-state index in [9.17, 15) is 48.6 Å². The van der Waals surface area contributed by atoms with E-state index in [1.54, 1.807) is 27.7 Å². The van der Waals surface area contributed by atoms with Gasteiger partial charge in [-0.1, -0.05) is 34.1 Å². The molecule has 0 bridgehead atoms. The fourth-order valence-electron chi connectivity index (χ4n) is 6.06. The number of H-pyrrole nitrogens is 2. The lowest BCUT2D eigenvalue weighted by atomic mass is 9.96. The first-order chi connectivity index (χ1) is 28.9. The van der Waals surface area contributed by atoms with Crippen LogP contribution >= 0.6 is 0 Å². The van der Waals surface area contributed by atoms with Gasteiger partial charge in [0.25, 0.3) is 0 Å². The number of primary amides is 1. The smallest absolute Gasteiger partial charge is 0.326 e. The number of aliphatic hydroxyl groups is 1. The van der Waals surface area contributed by atoms with Gasteiger partial charge in [-0.15, -0.1) is 0 Å². The lowest BCUT2D eigenvalue weighted by Gasteiger charge is -2.29. The van der Waals surface area contributed by atoms with Gasteiger partial charge in [0, 0.05) is 43.0 Å². The first-order valence-corrected chi connectivity index (χ1v) is 20.2. The number of aromatic amines is 2. The summed E-state index contributed by atoms with van der Waals surface area (Å²) in [5.41, 5.74) is 17.6. The Labute approximate surface area is 353 Å². The molecular formula is C38H63N13O10. The molecule has 340 valence electrons. The van der Waals surface area contributed by atoms with Crippen LogP contribution in [0.2, 0.25) is 0 Å². The van der Waals surface area contributed by atoms with Crippen LogP contribution in [-0.2, 0) is 51.2 Å². The first-order valence-electron chi connectivity index (χ1n) is 20.2. The molecular weight excluding hydrogens is 798 g/mol. The average Bonchev–Trinajstić information content (AvgIpc) is 3.94. The van der Waals surface area contributed by atoms with Crippen molar-refractivity contribution in [2.75, 3.05) is 13.2 Å². The predicted molar refractivity (Wildman–Crippen MR) is 219 cm³/mol. The van der Waals surface area contributed by atoms with E-state index >= 15 is 0 Å². The molecule has 23 heteroatoms. The summed E-state index contributed by atoms with van der Waals surface area (Å²) in [6.45, 7) is 6.57. The van der Waals surface area contributed by atoms with Gasteiger partial charge in [-0.3, -0.25) is 33.6 Å². The van der Waals surface area contributed by atoms with Gasteiger partial charge in [-0.25, -0.2) is 14.8 Å². The van der Waals surface area contributed by atoms with Crippen LogP contribution in [0.25, 0.3) is 0 Å². The largest absolute Gasteiger partial charge is 0.480 e. The molecule has 0 unspecified atom stereocenters. The summed E-state index contributed by atoms with van der Waals surface area (Å²) in [6.07, 6.45) is 6.16. The zero-order chi connectivity index (χ0) is 45.6. The van der Waals surface area contributed by atoms with E-state index in [1.165, 1.54) is 25.0 Å². The second-order valence-corrected chi connectivity index (χ2v) is 15.3. The van der Waals surface area contributed by atoms with Crippen LogP contribution < -0.4 is 49.1 Å². The molecule has 0 aliphatic rings. The second kappa shape index (κ2) is 26.3. The highest BCUT2D eigenvalue weighted by Crippen LogP contribution is 2.13. The maximum absolute atomic E-state index is 14.2. The SMILES string of the molecule is CC[C@H](C)[C@H](NC(=O)[C@H](Cc1cnc[nH]1)NC(=O)[C@H](CCCCN)NC(=O)[C@H](Cc1cnc[nH]1)NC(=O)[C@@H](N)CO)C(=O)N[C@@H](CCC(N)=O)C(=O)N[C@@H](CC(C)C)C(=O)O. The number of amides is 7. The summed E-state index contributed by atoms with van der Waals surface area (Å²) in [5, 5.41) is 34.6. The van der Waals surface area contributed by atoms with Crippen molar-refractivity contribution in [3.8, 4) is 0 Å². The van der Waals surface area contributed by atoms with E-state index in [-0.39, 0.29) is 51.0 Å². The van der Waals surface area contributed by atoms with Crippen molar-refractivity contribution in [1.82, 2.24) is 51.8 Å². The standard InChI is InChI=1S/C38H63N13O10/c1-5-21(4)31(37(59)47-26(9-10-30(41)53)34(56)50-29(38(60)61)12-20(2)3)51-36(58)28(14-23-16-43-19-45-23)49-33(55)25(8-6-7-11-39)46-35(57)27(13-22-15-42-18-44-22)48-32(54)24(40)17-52/h15-16,18-21,24-29,31,52H,5-14,17,39-40H2,1-4H3,(H2,41,53)(H,42,44)(H,43,45)(H,46,57)(H,47,59)(H,48,54)(H,49,55)(H,50,56)(H,51,58)(H,60,61)/t21-,24-,25-,26-,27-,28-,29-,31-/m0/s1. The summed E-state index contributed by atoms with van der Waals surface area (Å²) in [4.78, 5) is 119. The Morgan fingerprint density at radius 3 is 1.62 bits per heavy atom. The summed E-state index contributed by atoms with van der Waals surface area (Å²) in [6, 6.07) is -9.22. The minimum Gasteiger partial charge on any atom is -0.480 e. The molecule has 0 fully saturated rings. The van der Waals surface area contributed by atoms with E-state index in [0.29, 0.717) is 30.7 Å². The molecule has 0 saturated heterocycles. The zero-order valence-corrected chi connectivity index (χ0v) is 35.1. The van der Waals surface area contributed by atoms with Crippen molar-refractivity contribution in [2.45, 2.75) is 128 Å². The lowest BCUT2D eigenvalue weighted by Crippen LogP contribution is -2.61. The lowest BCUT2D eigenvalue weighted by molar-refractivity contribution is -0.143. The maximum Gasteiger partial charge on any atom is 0.326 e. The number of carboxylic acid groups (broad SMARTS) is 1. The summed E-state index contributed by atoms with van der Waals surface area (Å²) < 4.78 is 0. The van der Waals surface area contributed by atoms with Gasteiger partial charge >= 0.3 is 5.97 Å². The number of carbonyl (C=O) groups is 8. The Kier molecular flexibility index (Phi) is 22.1. The van der Waals surface area contributed by atoms with Gasteiger partial charge < -0.3 is 69.3 Å². The zero-order valence-electron chi connectivity index (χ0n) is 35.1. The number of unbranched alkanes of at least 4 members (excludes halogenated alkanes) is 1. The van der Waals surface area contributed by atoms with Crippen LogP contribution in [0.5, 0.6) is 0 Å². The summed E-state index contributed by atoms with van der Waals surface area (Å²) >= 11 is 0. The van der Waals surface area contributed by atoms with Crippen LogP contribution in [0.4, 0.5) is 0 Å². The molecule has 0 radical (unpaired) electrons. The molecule has 8 atom stereocenters. The average molecular weight is 862 g/mol. The highest BCUT2D eigenvalue weighted by atomic mass is 16.4. The molecule has 0 saturated carbocycles. The normalized spacial score (nSPS) is 15.1. The van der Waals surface area contributed by atoms with E-state index in [1.807, 2.05) is 0 Å². The molecule has 2 rings (SSSR count). The van der Waals surface area contributed by atoms with E-state index in [4.69, 9.17) is 17.2 Å². The van der Waals surface area contributed by atoms with Gasteiger partial charge in [0.15, 0.2) is 0 Å². The van der Waals surface area contributed by atoms with Gasteiger partial charge in [0.2, 0.25) is 41.4 Å². The number of aliphatic hydroxyl groups excluding tert-OH is 1. The quantitative estimate of drug-likeness (QED) is 0.0357. The monoisotopic (exact) mass is 861 g/mol. The minimum absolute atomic E-state index is 0.0700. The molecule has 0 spiro atoms. The number of aliphatic carboxylic acids is 1. The fourth-order valence-corrected chi connectivity index (χ4v) is 6.06. The van der Waals surface area contributed by atoms with Crippen molar-refractivity contribution in [1.29, 1.82) is 0 Å². The van der Waals surface area contributed by atoms with Crippen molar-refractivity contribution in [2.24, 2.45) is 29.0 Å². The fraction of sp³-hybridized carbons (Fsp3) is 0.632. The van der Waals surface area contributed by atoms with Crippen molar-refractivity contribution >= 4 is 47.3 Å². The number of imidazole rings is 2. The third-order valence-electron chi connectivity index (χ3n) is 9.76. The van der Waals surface area contributed by atoms with Crippen molar-refractivity contribution in [3.63, 3.8) is 0 Å². The first kappa shape index (κ1) is 51.2. The minimum atomic E-state index is -1.41. The van der Waals surface area contributed by atoms with Gasteiger partial charge in [-0.05, 0) is 50.5 Å². The molecule has 2 aromatic rings. The van der Waals surface area contributed by atoms with Gasteiger partial charge in [-0.2, -0.15) is 0 Å². The highest BCUT2D eigenvalue weighted by Gasteiger charge is 2.35. The number of carboxylic acids is 1. The molecule has 2 aromatic heterocycles. The Hall–Kier alpha value is -5.94. The van der Waals surface area contributed by atoms with Crippen LogP contribution in [0.15, 0.2) is 25.0 Å². The molecule has 0 aromatic carbocycles. The van der Waals surface area contributed by atoms with Crippen LogP contribution in [0.1, 0.15) is 84.0 Å². The molecule has 2 heterocycles. The summed E-state index contributed by atoms with van der Waals surface area (Å²) in [7, 11) is 0. The Balaban J connectivity index is 2.41. The highest BCUT2D eigenvalue weighted by molar-refractivity contribution is 5.97. The second-order valence-electron chi connectivity index (χ2n) is 15.3. The Morgan fingerprint density at radius 1 is 0.689 bits per heavy atom. The number of hydrogen-bond donors (Lipinski definition) is 13. The molecule has 61 heavy (non-hydrogen) atoms. The maximum atomic E-state index is 14.2. The van der Waals surface area contributed by atoms with Crippen LogP contribution in [0.3, 0.4) is 0 Å². The number of carbonyl (C=O) groups excluding carboxylic acids is 7. The topological polar surface area (TPSA) is 385 Å². The molecule has 16 N–H and O–H groups in total. The predicted octanol–water partition coefficient (Wildman–Crippen LogP) is -3.28. The molecule has 0 aliphatic carbocycles. The van der Waals surface area contributed by atoms with E-state index < -0.39 is 102 Å². The number of nitrogens with one attached hydrogen (secondary N) is 8. The number of nitrogens with zero attached hydrogens (tertiary/aromatic N) is 2. The number of aromatic nitrogens is 4. The Bertz CT molecular complexity index is 1720.